The number of hydrogen-bond acceptors (Lipinski definition) is 3. The van der Waals surface area contributed by atoms with Gasteiger partial charge in [-0.1, -0.05) is 6.42 Å². The van der Waals surface area contributed by atoms with Gasteiger partial charge in [0.15, 0.2) is 0 Å². The fraction of sp³-hybridized carbons (Fsp3) is 0.750. The quantitative estimate of drug-likeness (QED) is 0.850. The second-order valence-corrected chi connectivity index (χ2v) is 5.05. The summed E-state index contributed by atoms with van der Waals surface area (Å²) in [5, 5.41) is 3.84. The topological polar surface area (TPSA) is 47.8 Å². The molecule has 0 radical (unpaired) electrons. The smallest absolute Gasteiger partial charge is 0.299 e. The van der Waals surface area contributed by atoms with Gasteiger partial charge in [-0.15, -0.1) is 0 Å². The van der Waals surface area contributed by atoms with E-state index in [9.17, 15) is 18.0 Å². The van der Waals surface area contributed by atoms with Crippen LogP contribution < -0.4 is 0 Å². The molecular formula is C12H16F3N3O. The number of carbonyl (C=O) groups is 1. The van der Waals surface area contributed by atoms with Crippen LogP contribution in [0.25, 0.3) is 0 Å². The molecule has 1 fully saturated rings. The van der Waals surface area contributed by atoms with Crippen LogP contribution in [0.5, 0.6) is 0 Å². The van der Waals surface area contributed by atoms with Gasteiger partial charge in [0.25, 0.3) is 0 Å². The van der Waals surface area contributed by atoms with Gasteiger partial charge >= 0.3 is 6.18 Å². The third-order valence-corrected chi connectivity index (χ3v) is 3.73. The summed E-state index contributed by atoms with van der Waals surface area (Å²) in [6.45, 7) is 0. The lowest BCUT2D eigenvalue weighted by molar-refractivity contribution is -0.186. The van der Waals surface area contributed by atoms with E-state index in [2.05, 4.69) is 10.1 Å². The Balaban J connectivity index is 1.98. The van der Waals surface area contributed by atoms with Crippen molar-refractivity contribution in [1.29, 1.82) is 0 Å². The summed E-state index contributed by atoms with van der Waals surface area (Å²) < 4.78 is 39.5. The molecule has 0 amide bonds. The van der Waals surface area contributed by atoms with E-state index in [-0.39, 0.29) is 25.0 Å². The Hall–Kier alpha value is -1.40. The van der Waals surface area contributed by atoms with Crippen LogP contribution in [-0.4, -0.2) is 26.7 Å². The van der Waals surface area contributed by atoms with Crippen LogP contribution in [-0.2, 0) is 18.3 Å². The van der Waals surface area contributed by atoms with E-state index in [4.69, 9.17) is 0 Å². The van der Waals surface area contributed by atoms with Crippen molar-refractivity contribution in [1.82, 2.24) is 14.8 Å². The summed E-state index contributed by atoms with van der Waals surface area (Å²) in [4.78, 5) is 16.0. The molecule has 1 aliphatic carbocycles. The van der Waals surface area contributed by atoms with Crippen LogP contribution in [0, 0.1) is 11.8 Å². The number of ketones is 1. The molecule has 2 rings (SSSR count). The molecule has 1 aromatic heterocycles. The SMILES string of the molecule is Cn1ncnc1CC(=O)C1CCCC(C(F)(F)F)C1. The van der Waals surface area contributed by atoms with Crippen LogP contribution in [0.3, 0.4) is 0 Å². The molecule has 19 heavy (non-hydrogen) atoms. The first-order valence-electron chi connectivity index (χ1n) is 6.30. The van der Waals surface area contributed by atoms with E-state index in [1.807, 2.05) is 0 Å². The molecule has 0 aromatic carbocycles. The van der Waals surface area contributed by atoms with Crippen molar-refractivity contribution in [3.63, 3.8) is 0 Å². The highest BCUT2D eigenvalue weighted by molar-refractivity contribution is 5.82. The van der Waals surface area contributed by atoms with Gasteiger partial charge in [0.1, 0.15) is 17.9 Å². The largest absolute Gasteiger partial charge is 0.391 e. The number of carbonyl (C=O) groups excluding carboxylic acids is 1. The molecule has 0 bridgehead atoms. The normalized spacial score (nSPS) is 24.4. The zero-order valence-corrected chi connectivity index (χ0v) is 10.7. The number of Topliss-reactive ketones (excluding diaryl/α,β-unsaturated/α-hetero) is 1. The van der Waals surface area contributed by atoms with Gasteiger partial charge in [0.05, 0.1) is 12.3 Å². The minimum absolute atomic E-state index is 0.0613. The number of aryl methyl sites for hydroxylation is 1. The third-order valence-electron chi connectivity index (χ3n) is 3.73. The fourth-order valence-electron chi connectivity index (χ4n) is 2.56. The average Bonchev–Trinajstić information content (AvgIpc) is 2.74. The minimum Gasteiger partial charge on any atom is -0.299 e. The van der Waals surface area contributed by atoms with Crippen LogP contribution >= 0.6 is 0 Å². The van der Waals surface area contributed by atoms with E-state index in [0.29, 0.717) is 18.7 Å². The molecule has 7 heteroatoms. The van der Waals surface area contributed by atoms with E-state index in [0.717, 1.165) is 0 Å². The highest BCUT2D eigenvalue weighted by atomic mass is 19.4. The van der Waals surface area contributed by atoms with Gasteiger partial charge in [-0.05, 0) is 19.3 Å². The molecule has 0 spiro atoms. The Morgan fingerprint density at radius 3 is 2.79 bits per heavy atom. The van der Waals surface area contributed by atoms with Crippen molar-refractivity contribution in [2.45, 2.75) is 38.3 Å². The minimum atomic E-state index is -4.19. The van der Waals surface area contributed by atoms with E-state index in [1.165, 1.54) is 11.0 Å². The zero-order valence-electron chi connectivity index (χ0n) is 10.7. The Morgan fingerprint density at radius 2 is 2.21 bits per heavy atom. The molecule has 1 aliphatic rings. The Bertz CT molecular complexity index is 455. The molecule has 0 saturated heterocycles. The molecule has 0 N–H and O–H groups in total. The zero-order chi connectivity index (χ0) is 14.0. The van der Waals surface area contributed by atoms with E-state index < -0.39 is 18.0 Å². The molecular weight excluding hydrogens is 259 g/mol. The van der Waals surface area contributed by atoms with Crippen molar-refractivity contribution >= 4 is 5.78 Å². The molecule has 0 aliphatic heterocycles. The number of hydrogen-bond donors (Lipinski definition) is 0. The maximum Gasteiger partial charge on any atom is 0.391 e. The second-order valence-electron chi connectivity index (χ2n) is 5.05. The number of alkyl halides is 3. The number of halogens is 3. The third kappa shape index (κ3) is 3.33. The van der Waals surface area contributed by atoms with E-state index >= 15 is 0 Å². The van der Waals surface area contributed by atoms with Crippen molar-refractivity contribution in [2.24, 2.45) is 18.9 Å². The van der Waals surface area contributed by atoms with E-state index in [1.54, 1.807) is 7.05 Å². The first-order valence-corrected chi connectivity index (χ1v) is 6.30. The van der Waals surface area contributed by atoms with Crippen LogP contribution in [0.1, 0.15) is 31.5 Å². The van der Waals surface area contributed by atoms with Gasteiger partial charge in [-0.25, -0.2) is 4.98 Å². The lowest BCUT2D eigenvalue weighted by Gasteiger charge is -2.29. The second kappa shape index (κ2) is 5.30. The van der Waals surface area contributed by atoms with Crippen molar-refractivity contribution in [3.05, 3.63) is 12.2 Å². The average molecular weight is 275 g/mol. The molecule has 1 aromatic rings. The molecule has 4 nitrogen and oxygen atoms in total. The predicted molar refractivity (Wildman–Crippen MR) is 61.2 cm³/mol. The molecule has 1 saturated carbocycles. The summed E-state index contributed by atoms with van der Waals surface area (Å²) >= 11 is 0. The number of rotatable bonds is 3. The van der Waals surface area contributed by atoms with Crippen LogP contribution in [0.2, 0.25) is 0 Å². The molecule has 106 valence electrons. The standard InChI is InChI=1S/C12H16F3N3O/c1-18-11(16-7-17-18)6-10(19)8-3-2-4-9(5-8)12(13,14)15/h7-9H,2-6H2,1H3. The van der Waals surface area contributed by atoms with Gasteiger partial charge < -0.3 is 0 Å². The van der Waals surface area contributed by atoms with Crippen LogP contribution in [0.15, 0.2) is 6.33 Å². The molecule has 2 atom stereocenters. The fourth-order valence-corrected chi connectivity index (χ4v) is 2.56. The highest BCUT2D eigenvalue weighted by Gasteiger charge is 2.43. The summed E-state index contributed by atoms with van der Waals surface area (Å²) in [7, 11) is 1.66. The Labute approximate surface area is 109 Å². The maximum absolute atomic E-state index is 12.7. The predicted octanol–water partition coefficient (Wildman–Crippen LogP) is 2.30. The first-order chi connectivity index (χ1) is 8.88. The first kappa shape index (κ1) is 14.0. The Morgan fingerprint density at radius 1 is 1.47 bits per heavy atom. The van der Waals surface area contributed by atoms with Gasteiger partial charge in [-0.3, -0.25) is 9.48 Å². The van der Waals surface area contributed by atoms with Gasteiger partial charge in [0, 0.05) is 13.0 Å². The summed E-state index contributed by atoms with van der Waals surface area (Å²) in [5.41, 5.74) is 0. The van der Waals surface area contributed by atoms with Gasteiger partial charge in [-0.2, -0.15) is 18.3 Å². The lowest BCUT2D eigenvalue weighted by atomic mass is 9.78. The summed E-state index contributed by atoms with van der Waals surface area (Å²) in [6.07, 6.45) is -1.74. The number of aromatic nitrogens is 3. The maximum atomic E-state index is 12.7. The molecule has 2 unspecified atom stereocenters. The monoisotopic (exact) mass is 275 g/mol. The number of nitrogens with zero attached hydrogens (tertiary/aromatic N) is 3. The lowest BCUT2D eigenvalue weighted by Crippen LogP contribution is -2.32. The van der Waals surface area contributed by atoms with Crippen molar-refractivity contribution in [2.75, 3.05) is 0 Å². The Kier molecular flexibility index (Phi) is 3.91. The summed E-state index contributed by atoms with van der Waals surface area (Å²) in [5.74, 6) is -1.50. The van der Waals surface area contributed by atoms with Crippen molar-refractivity contribution in [3.8, 4) is 0 Å². The summed E-state index contributed by atoms with van der Waals surface area (Å²) in [6, 6.07) is 0. The van der Waals surface area contributed by atoms with Gasteiger partial charge in [0.2, 0.25) is 0 Å². The molecule has 1 heterocycles. The van der Waals surface area contributed by atoms with Crippen LogP contribution in [0.4, 0.5) is 13.2 Å². The highest BCUT2D eigenvalue weighted by Crippen LogP contribution is 2.40. The van der Waals surface area contributed by atoms with Crippen molar-refractivity contribution < 1.29 is 18.0 Å².